The Labute approximate surface area is 81.9 Å². The lowest BCUT2D eigenvalue weighted by Crippen LogP contribution is -2.08. The fraction of sp³-hybridized carbons (Fsp3) is 0.182. The van der Waals surface area contributed by atoms with Crippen LogP contribution in [0.2, 0.25) is 0 Å². The molecule has 0 radical (unpaired) electrons. The van der Waals surface area contributed by atoms with Gasteiger partial charge in [0.25, 0.3) is 0 Å². The summed E-state index contributed by atoms with van der Waals surface area (Å²) < 4.78 is 0. The fourth-order valence-electron chi connectivity index (χ4n) is 1.58. The van der Waals surface area contributed by atoms with Crippen LogP contribution in [0.15, 0.2) is 30.5 Å². The number of carbonyl (C=O) groups excluding carboxylic acids is 1. The Morgan fingerprint density at radius 1 is 1.36 bits per heavy atom. The van der Waals surface area contributed by atoms with Gasteiger partial charge in [0.2, 0.25) is 0 Å². The second-order valence-electron chi connectivity index (χ2n) is 3.21. The predicted octanol–water partition coefficient (Wildman–Crippen LogP) is 1.70. The molecule has 72 valence electrons. The lowest BCUT2D eigenvalue weighted by molar-refractivity contribution is 0.0987. The molecule has 3 heteroatoms. The first-order chi connectivity index (χ1) is 6.83. The van der Waals surface area contributed by atoms with Crippen LogP contribution in [0.3, 0.4) is 0 Å². The van der Waals surface area contributed by atoms with Gasteiger partial charge in [0.05, 0.1) is 5.52 Å². The summed E-state index contributed by atoms with van der Waals surface area (Å²) in [5, 5.41) is 1.06. The molecular weight excluding hydrogens is 176 g/mol. The first-order valence-corrected chi connectivity index (χ1v) is 4.62. The molecule has 0 aliphatic carbocycles. The molecule has 0 aliphatic rings. The number of aromatic nitrogens is 1. The van der Waals surface area contributed by atoms with Crippen molar-refractivity contribution in [3.05, 3.63) is 36.0 Å². The third-order valence-corrected chi connectivity index (χ3v) is 2.26. The van der Waals surface area contributed by atoms with Crippen LogP contribution in [0.25, 0.3) is 10.9 Å². The highest BCUT2D eigenvalue weighted by Gasteiger charge is 2.08. The minimum atomic E-state index is 0.0977. The predicted molar refractivity (Wildman–Crippen MR) is 56.3 cm³/mol. The van der Waals surface area contributed by atoms with E-state index in [0.717, 1.165) is 16.5 Å². The number of fused-ring (bicyclic) bond motifs is 1. The van der Waals surface area contributed by atoms with E-state index in [4.69, 9.17) is 5.73 Å². The number of ketones is 1. The topological polar surface area (TPSA) is 58.9 Å². The summed E-state index contributed by atoms with van der Waals surface area (Å²) in [5.74, 6) is 0.0977. The van der Waals surface area contributed by atoms with Crippen molar-refractivity contribution in [1.82, 2.24) is 4.98 Å². The normalized spacial score (nSPS) is 10.6. The summed E-state index contributed by atoms with van der Waals surface area (Å²) >= 11 is 0. The van der Waals surface area contributed by atoms with E-state index < -0.39 is 0 Å². The molecule has 3 nitrogen and oxygen atoms in total. The van der Waals surface area contributed by atoms with Crippen molar-refractivity contribution in [2.45, 2.75) is 6.42 Å². The molecule has 0 saturated heterocycles. The van der Waals surface area contributed by atoms with Gasteiger partial charge in [0, 0.05) is 23.6 Å². The highest BCUT2D eigenvalue weighted by Crippen LogP contribution is 2.17. The maximum atomic E-state index is 11.7. The highest BCUT2D eigenvalue weighted by molar-refractivity contribution is 6.06. The van der Waals surface area contributed by atoms with E-state index >= 15 is 0 Å². The molecule has 0 aliphatic heterocycles. The average molecular weight is 188 g/mol. The van der Waals surface area contributed by atoms with Crippen molar-refractivity contribution < 1.29 is 4.79 Å². The molecule has 0 bridgehead atoms. The monoisotopic (exact) mass is 188 g/mol. The van der Waals surface area contributed by atoms with Gasteiger partial charge in [-0.2, -0.15) is 0 Å². The summed E-state index contributed by atoms with van der Waals surface area (Å²) in [6.07, 6.45) is 2.24. The van der Waals surface area contributed by atoms with Gasteiger partial charge < -0.3 is 10.7 Å². The lowest BCUT2D eigenvalue weighted by Gasteiger charge is -2.00. The van der Waals surface area contributed by atoms with E-state index in [2.05, 4.69) is 4.98 Å². The van der Waals surface area contributed by atoms with Crippen LogP contribution < -0.4 is 5.73 Å². The van der Waals surface area contributed by atoms with Crippen molar-refractivity contribution >= 4 is 16.7 Å². The number of nitrogens with one attached hydrogen (secondary N) is 1. The summed E-state index contributed by atoms with van der Waals surface area (Å²) in [7, 11) is 0. The zero-order valence-electron chi connectivity index (χ0n) is 7.79. The van der Waals surface area contributed by atoms with Crippen LogP contribution in [0.4, 0.5) is 0 Å². The molecule has 0 atom stereocenters. The molecule has 2 rings (SSSR count). The third kappa shape index (κ3) is 1.42. The van der Waals surface area contributed by atoms with Crippen LogP contribution in [0.5, 0.6) is 0 Å². The molecule has 1 aromatic carbocycles. The number of H-pyrrole nitrogens is 1. The van der Waals surface area contributed by atoms with Crippen molar-refractivity contribution in [2.75, 3.05) is 6.54 Å². The highest BCUT2D eigenvalue weighted by atomic mass is 16.1. The molecule has 0 unspecified atom stereocenters. The first kappa shape index (κ1) is 8.97. The number of hydrogen-bond donors (Lipinski definition) is 2. The Balaban J connectivity index is 2.50. The molecule has 1 heterocycles. The van der Waals surface area contributed by atoms with Crippen molar-refractivity contribution in [3.8, 4) is 0 Å². The van der Waals surface area contributed by atoms with Gasteiger partial charge in [-0.3, -0.25) is 4.79 Å². The van der Waals surface area contributed by atoms with Gasteiger partial charge in [-0.1, -0.05) is 12.1 Å². The van der Waals surface area contributed by atoms with Gasteiger partial charge in [-0.05, 0) is 18.7 Å². The van der Waals surface area contributed by atoms with Gasteiger partial charge in [0.15, 0.2) is 5.78 Å². The van der Waals surface area contributed by atoms with E-state index in [-0.39, 0.29) is 5.78 Å². The Hall–Kier alpha value is -1.61. The number of para-hydroxylation sites is 1. The molecule has 1 aromatic heterocycles. The molecule has 0 amide bonds. The fourth-order valence-corrected chi connectivity index (χ4v) is 1.58. The number of nitrogens with two attached hydrogens (primary N) is 1. The van der Waals surface area contributed by atoms with E-state index in [0.29, 0.717) is 13.0 Å². The molecule has 14 heavy (non-hydrogen) atoms. The van der Waals surface area contributed by atoms with Gasteiger partial charge in [-0.15, -0.1) is 0 Å². The zero-order chi connectivity index (χ0) is 9.97. The summed E-state index contributed by atoms with van der Waals surface area (Å²) in [6, 6.07) is 7.65. The number of rotatable bonds is 3. The molecular formula is C11H12N2O. The number of benzene rings is 1. The van der Waals surface area contributed by atoms with Gasteiger partial charge in [0.1, 0.15) is 0 Å². The van der Waals surface area contributed by atoms with Crippen LogP contribution in [-0.4, -0.2) is 17.3 Å². The largest absolute Gasteiger partial charge is 0.361 e. The quantitative estimate of drug-likeness (QED) is 0.720. The maximum Gasteiger partial charge on any atom is 0.166 e. The second-order valence-corrected chi connectivity index (χ2v) is 3.21. The van der Waals surface area contributed by atoms with Crippen molar-refractivity contribution in [3.63, 3.8) is 0 Å². The number of Topliss-reactive ketones (excluding diaryl/α,β-unsaturated/α-hetero) is 1. The standard InChI is InChI=1S/C11H12N2O/c12-6-4-10(14)9-3-1-2-8-5-7-13-11(8)9/h1-3,5,7,13H,4,6,12H2. The van der Waals surface area contributed by atoms with Crippen LogP contribution >= 0.6 is 0 Å². The molecule has 0 spiro atoms. The minimum Gasteiger partial charge on any atom is -0.361 e. The zero-order valence-corrected chi connectivity index (χ0v) is 7.79. The summed E-state index contributed by atoms with van der Waals surface area (Å²) in [4.78, 5) is 14.7. The number of aromatic amines is 1. The van der Waals surface area contributed by atoms with Crippen molar-refractivity contribution in [1.29, 1.82) is 0 Å². The maximum absolute atomic E-state index is 11.7. The van der Waals surface area contributed by atoms with E-state index in [1.54, 1.807) is 0 Å². The average Bonchev–Trinajstić information content (AvgIpc) is 2.65. The summed E-state index contributed by atoms with van der Waals surface area (Å²) in [5.41, 5.74) is 7.00. The number of hydrogen-bond acceptors (Lipinski definition) is 2. The van der Waals surface area contributed by atoms with Crippen molar-refractivity contribution in [2.24, 2.45) is 5.73 Å². The molecule has 3 N–H and O–H groups in total. The van der Waals surface area contributed by atoms with E-state index in [1.165, 1.54) is 0 Å². The van der Waals surface area contributed by atoms with Crippen LogP contribution in [-0.2, 0) is 0 Å². The van der Waals surface area contributed by atoms with E-state index in [1.807, 2.05) is 30.5 Å². The third-order valence-electron chi connectivity index (χ3n) is 2.26. The molecule has 0 saturated carbocycles. The second kappa shape index (κ2) is 3.64. The van der Waals surface area contributed by atoms with E-state index in [9.17, 15) is 4.79 Å². The minimum absolute atomic E-state index is 0.0977. The first-order valence-electron chi connectivity index (χ1n) is 4.62. The van der Waals surface area contributed by atoms with Crippen LogP contribution in [0.1, 0.15) is 16.8 Å². The Morgan fingerprint density at radius 2 is 2.21 bits per heavy atom. The Morgan fingerprint density at radius 3 is 3.00 bits per heavy atom. The SMILES string of the molecule is NCCC(=O)c1cccc2cc[nH]c12. The van der Waals surface area contributed by atoms with Gasteiger partial charge in [-0.25, -0.2) is 0 Å². The molecule has 2 aromatic rings. The smallest absolute Gasteiger partial charge is 0.166 e. The summed E-state index contributed by atoms with van der Waals surface area (Å²) in [6.45, 7) is 0.399. The number of carbonyl (C=O) groups is 1. The molecule has 0 fully saturated rings. The van der Waals surface area contributed by atoms with Crippen LogP contribution in [0, 0.1) is 0 Å². The lowest BCUT2D eigenvalue weighted by atomic mass is 10.1. The Kier molecular flexibility index (Phi) is 2.33. The van der Waals surface area contributed by atoms with Gasteiger partial charge >= 0.3 is 0 Å². The Bertz CT molecular complexity index is 459.